The molecular formula is C20H26N6O3. The van der Waals surface area contributed by atoms with Gasteiger partial charge in [-0.15, -0.1) is 5.10 Å². The maximum Gasteiger partial charge on any atom is 0.251 e. The van der Waals surface area contributed by atoms with Crippen LogP contribution < -0.4 is 5.32 Å². The molecule has 0 radical (unpaired) electrons. The van der Waals surface area contributed by atoms with Gasteiger partial charge >= 0.3 is 0 Å². The number of benzene rings is 1. The van der Waals surface area contributed by atoms with Gasteiger partial charge in [0.15, 0.2) is 0 Å². The van der Waals surface area contributed by atoms with E-state index in [2.05, 4.69) is 20.8 Å². The van der Waals surface area contributed by atoms with Crippen molar-refractivity contribution in [1.29, 1.82) is 0 Å². The summed E-state index contributed by atoms with van der Waals surface area (Å²) in [6.45, 7) is 2.86. The summed E-state index contributed by atoms with van der Waals surface area (Å²) in [5, 5.41) is 13.9. The molecule has 9 nitrogen and oxygen atoms in total. The van der Waals surface area contributed by atoms with Crippen LogP contribution in [0.15, 0.2) is 36.7 Å². The van der Waals surface area contributed by atoms with Crippen molar-refractivity contribution in [2.75, 3.05) is 26.2 Å². The second-order valence-electron chi connectivity index (χ2n) is 7.85. The molecule has 1 N–H and O–H groups in total. The van der Waals surface area contributed by atoms with Gasteiger partial charge in [0, 0.05) is 31.8 Å². The first-order chi connectivity index (χ1) is 14.1. The van der Waals surface area contributed by atoms with Gasteiger partial charge in [-0.05, 0) is 54.2 Å². The van der Waals surface area contributed by atoms with E-state index >= 15 is 0 Å². The van der Waals surface area contributed by atoms with Gasteiger partial charge in [0.2, 0.25) is 5.91 Å². The highest BCUT2D eigenvalue weighted by Gasteiger charge is 2.41. The zero-order valence-corrected chi connectivity index (χ0v) is 16.4. The number of amides is 2. The number of nitrogens with zero attached hydrogens (tertiary/aromatic N) is 5. The minimum atomic E-state index is -0.189. The molecule has 2 amide bonds. The Labute approximate surface area is 169 Å². The second-order valence-corrected chi connectivity index (χ2v) is 7.85. The van der Waals surface area contributed by atoms with Crippen LogP contribution in [0.3, 0.4) is 0 Å². The molecule has 2 aliphatic heterocycles. The lowest BCUT2D eigenvalue weighted by Crippen LogP contribution is -2.52. The van der Waals surface area contributed by atoms with Crippen molar-refractivity contribution in [1.82, 2.24) is 30.4 Å². The van der Waals surface area contributed by atoms with E-state index in [4.69, 9.17) is 4.74 Å². The molecule has 0 bridgehead atoms. The van der Waals surface area contributed by atoms with Crippen LogP contribution >= 0.6 is 0 Å². The third-order valence-electron chi connectivity index (χ3n) is 5.90. The number of hydrogen-bond donors (Lipinski definition) is 1. The predicted molar refractivity (Wildman–Crippen MR) is 104 cm³/mol. The van der Waals surface area contributed by atoms with Crippen LogP contribution in [0.25, 0.3) is 0 Å². The van der Waals surface area contributed by atoms with Crippen LogP contribution in [0, 0.1) is 5.92 Å². The van der Waals surface area contributed by atoms with E-state index < -0.39 is 0 Å². The number of carbonyl (C=O) groups is 2. The van der Waals surface area contributed by atoms with Crippen molar-refractivity contribution in [2.24, 2.45) is 5.92 Å². The molecule has 1 atom stereocenters. The Morgan fingerprint density at radius 2 is 2.00 bits per heavy atom. The topological polar surface area (TPSA) is 102 Å². The molecule has 2 aromatic rings. The minimum absolute atomic E-state index is 0.0228. The van der Waals surface area contributed by atoms with Gasteiger partial charge in [-0.2, -0.15) is 0 Å². The van der Waals surface area contributed by atoms with Crippen molar-refractivity contribution in [3.63, 3.8) is 0 Å². The summed E-state index contributed by atoms with van der Waals surface area (Å²) in [5.74, 6) is 0.378. The predicted octanol–water partition coefficient (Wildman–Crippen LogP) is 0.891. The minimum Gasteiger partial charge on any atom is -0.375 e. The molecule has 1 unspecified atom stereocenters. The highest BCUT2D eigenvalue weighted by molar-refractivity contribution is 5.94. The van der Waals surface area contributed by atoms with Gasteiger partial charge in [-0.3, -0.25) is 9.59 Å². The monoisotopic (exact) mass is 398 g/mol. The molecule has 1 aromatic carbocycles. The van der Waals surface area contributed by atoms with E-state index in [1.165, 1.54) is 11.0 Å². The smallest absolute Gasteiger partial charge is 0.251 e. The van der Waals surface area contributed by atoms with Crippen LogP contribution in [-0.2, 0) is 16.1 Å². The van der Waals surface area contributed by atoms with E-state index in [-0.39, 0.29) is 24.0 Å². The number of piperidine rings is 1. The van der Waals surface area contributed by atoms with E-state index in [0.29, 0.717) is 37.7 Å². The maximum atomic E-state index is 12.4. The number of likely N-dealkylation sites (tertiary alicyclic amines) is 1. The number of tetrazole rings is 1. The molecule has 29 heavy (non-hydrogen) atoms. The number of aromatic nitrogens is 4. The standard InChI is InChI=1S/C20H26N6O3/c27-18(14-26-15-22-23-24-26)25-9-7-20(8-10-25)12-16(6-11-29-20)13-21-19(28)17-4-2-1-3-5-17/h1-5,15-16H,6-14H2,(H,21,28). The molecule has 4 rings (SSSR count). The first kappa shape index (κ1) is 19.5. The fourth-order valence-electron chi connectivity index (χ4n) is 4.24. The Bertz CT molecular complexity index is 818. The number of carbonyl (C=O) groups excluding carboxylic acids is 2. The van der Waals surface area contributed by atoms with Crippen LogP contribution in [0.1, 0.15) is 36.0 Å². The van der Waals surface area contributed by atoms with Gasteiger partial charge in [0.05, 0.1) is 5.60 Å². The molecule has 3 heterocycles. The Morgan fingerprint density at radius 3 is 2.72 bits per heavy atom. The number of ether oxygens (including phenoxy) is 1. The number of nitrogens with one attached hydrogen (secondary N) is 1. The molecule has 2 fully saturated rings. The first-order valence-corrected chi connectivity index (χ1v) is 10.1. The van der Waals surface area contributed by atoms with E-state index in [1.54, 1.807) is 0 Å². The summed E-state index contributed by atoms with van der Waals surface area (Å²) >= 11 is 0. The van der Waals surface area contributed by atoms with Gasteiger partial charge in [0.1, 0.15) is 12.9 Å². The molecule has 1 aromatic heterocycles. The lowest BCUT2D eigenvalue weighted by molar-refractivity contribution is -0.147. The van der Waals surface area contributed by atoms with Crippen molar-refractivity contribution in [3.8, 4) is 0 Å². The van der Waals surface area contributed by atoms with Crippen molar-refractivity contribution in [2.45, 2.75) is 37.8 Å². The summed E-state index contributed by atoms with van der Waals surface area (Å²) in [6.07, 6.45) is 4.94. The quantitative estimate of drug-likeness (QED) is 0.803. The summed E-state index contributed by atoms with van der Waals surface area (Å²) in [5.41, 5.74) is 0.495. The highest BCUT2D eigenvalue weighted by atomic mass is 16.5. The van der Waals surface area contributed by atoms with Crippen LogP contribution in [0.5, 0.6) is 0 Å². The Kier molecular flexibility index (Phi) is 5.84. The molecule has 154 valence electrons. The Balaban J connectivity index is 1.26. The van der Waals surface area contributed by atoms with Gasteiger partial charge < -0.3 is 15.0 Å². The Hall–Kier alpha value is -2.81. The zero-order valence-electron chi connectivity index (χ0n) is 16.4. The highest BCUT2D eigenvalue weighted by Crippen LogP contribution is 2.37. The fourth-order valence-corrected chi connectivity index (χ4v) is 4.24. The van der Waals surface area contributed by atoms with E-state index in [9.17, 15) is 9.59 Å². The summed E-state index contributed by atoms with van der Waals surface area (Å²) in [6, 6.07) is 9.28. The summed E-state index contributed by atoms with van der Waals surface area (Å²) in [4.78, 5) is 26.6. The van der Waals surface area contributed by atoms with Gasteiger partial charge in [-0.25, -0.2) is 4.68 Å². The lowest BCUT2D eigenvalue weighted by atomic mass is 9.79. The van der Waals surface area contributed by atoms with Crippen LogP contribution in [0.4, 0.5) is 0 Å². The molecule has 2 saturated heterocycles. The normalized spacial score (nSPS) is 21.1. The molecule has 2 aliphatic rings. The van der Waals surface area contributed by atoms with Crippen LogP contribution in [-0.4, -0.2) is 68.8 Å². The van der Waals surface area contributed by atoms with Crippen molar-refractivity contribution in [3.05, 3.63) is 42.2 Å². The largest absolute Gasteiger partial charge is 0.375 e. The van der Waals surface area contributed by atoms with Crippen LogP contribution in [0.2, 0.25) is 0 Å². The third kappa shape index (κ3) is 4.79. The third-order valence-corrected chi connectivity index (χ3v) is 5.90. The zero-order chi connectivity index (χ0) is 20.1. The maximum absolute atomic E-state index is 12.4. The molecule has 0 saturated carbocycles. The fraction of sp³-hybridized carbons (Fsp3) is 0.550. The summed E-state index contributed by atoms with van der Waals surface area (Å²) in [7, 11) is 0. The molecule has 9 heteroatoms. The van der Waals surface area contributed by atoms with Crippen molar-refractivity contribution >= 4 is 11.8 Å². The Morgan fingerprint density at radius 1 is 1.21 bits per heavy atom. The molecule has 0 aliphatic carbocycles. The van der Waals surface area contributed by atoms with E-state index in [1.807, 2.05) is 35.2 Å². The second kappa shape index (κ2) is 8.69. The summed E-state index contributed by atoms with van der Waals surface area (Å²) < 4.78 is 7.61. The van der Waals surface area contributed by atoms with E-state index in [0.717, 1.165) is 25.7 Å². The average Bonchev–Trinajstić information content (AvgIpc) is 3.26. The first-order valence-electron chi connectivity index (χ1n) is 10.1. The van der Waals surface area contributed by atoms with Gasteiger partial charge in [-0.1, -0.05) is 18.2 Å². The van der Waals surface area contributed by atoms with Gasteiger partial charge in [0.25, 0.3) is 5.91 Å². The average molecular weight is 398 g/mol. The number of rotatable bonds is 5. The molecule has 1 spiro atoms. The molecular weight excluding hydrogens is 372 g/mol. The number of hydrogen-bond acceptors (Lipinski definition) is 6. The SMILES string of the molecule is O=C(NCC1CCOC2(CCN(C(=O)Cn3cnnn3)CC2)C1)c1ccccc1. The lowest BCUT2D eigenvalue weighted by Gasteiger charge is -2.46. The van der Waals surface area contributed by atoms with Crippen molar-refractivity contribution < 1.29 is 14.3 Å².